The second-order valence-corrected chi connectivity index (χ2v) is 19.2. The fourth-order valence-electron chi connectivity index (χ4n) is 11.8. The van der Waals surface area contributed by atoms with Crippen LogP contribution in [0.3, 0.4) is 0 Å². The fraction of sp³-hybridized carbons (Fsp3) is 0.0448. The molecule has 324 valence electrons. The molecule has 0 amide bonds. The van der Waals surface area contributed by atoms with Gasteiger partial charge in [0, 0.05) is 44.3 Å². The van der Waals surface area contributed by atoms with Crippen molar-refractivity contribution in [1.29, 1.82) is 0 Å². The van der Waals surface area contributed by atoms with E-state index >= 15 is 0 Å². The van der Waals surface area contributed by atoms with E-state index in [4.69, 9.17) is 0 Å². The Labute approximate surface area is 402 Å². The van der Waals surface area contributed by atoms with Gasteiger partial charge in [-0.3, -0.25) is 0 Å². The van der Waals surface area contributed by atoms with E-state index in [0.717, 1.165) is 22.6 Å². The van der Waals surface area contributed by atoms with Crippen LogP contribution in [-0.4, -0.2) is 4.57 Å². The Kier molecular flexibility index (Phi) is 8.66. The summed E-state index contributed by atoms with van der Waals surface area (Å²) in [5, 5.41) is 5.09. The molecular weight excluding hydrogens is 833 g/mol. The highest BCUT2D eigenvalue weighted by atomic mass is 15.1. The zero-order valence-electron chi connectivity index (χ0n) is 38.5. The van der Waals surface area contributed by atoms with Crippen molar-refractivity contribution in [3.8, 4) is 72.4 Å². The SMILES string of the molecule is CC1(C)c2cccc3c2-c2c1ccc1c4ccccc4n(c21)-c1cc(-c2ccc(-c4cccc(N(c5cccc(-c6cccc7ccccc67)c5)c5ccccc5-c5ccccc5)c4)cc2)ccc1-3. The first-order chi connectivity index (χ1) is 34.0. The molecule has 0 radical (unpaired) electrons. The highest BCUT2D eigenvalue weighted by Crippen LogP contribution is 2.58. The zero-order valence-corrected chi connectivity index (χ0v) is 38.5. The minimum atomic E-state index is -0.0804. The lowest BCUT2D eigenvalue weighted by Gasteiger charge is -2.29. The molecule has 11 aromatic carbocycles. The largest absolute Gasteiger partial charge is 0.310 e. The van der Waals surface area contributed by atoms with Gasteiger partial charge in [0.15, 0.2) is 0 Å². The minimum Gasteiger partial charge on any atom is -0.310 e. The second kappa shape index (κ2) is 15.2. The number of para-hydroxylation sites is 2. The Bertz CT molecular complexity index is 4030. The van der Waals surface area contributed by atoms with Gasteiger partial charge in [-0.1, -0.05) is 214 Å². The number of fused-ring (bicyclic) bond motifs is 7. The van der Waals surface area contributed by atoms with Crippen LogP contribution in [0.2, 0.25) is 0 Å². The maximum atomic E-state index is 2.56. The number of anilines is 3. The number of hydrogen-bond acceptors (Lipinski definition) is 1. The maximum absolute atomic E-state index is 2.56. The lowest BCUT2D eigenvalue weighted by atomic mass is 9.81. The molecule has 1 aromatic heterocycles. The summed E-state index contributed by atoms with van der Waals surface area (Å²) in [6, 6.07) is 89.7. The normalized spacial score (nSPS) is 12.9. The number of rotatable bonds is 7. The first kappa shape index (κ1) is 39.4. The van der Waals surface area contributed by atoms with E-state index in [-0.39, 0.29) is 5.41 Å². The summed E-state index contributed by atoms with van der Waals surface area (Å²) in [6.45, 7) is 4.78. The highest BCUT2D eigenvalue weighted by Gasteiger charge is 2.41. The summed E-state index contributed by atoms with van der Waals surface area (Å²) in [7, 11) is 0. The van der Waals surface area contributed by atoms with Crippen molar-refractivity contribution in [3.05, 3.63) is 254 Å². The van der Waals surface area contributed by atoms with Crippen LogP contribution in [-0.2, 0) is 5.41 Å². The Balaban J connectivity index is 0.881. The van der Waals surface area contributed by atoms with Crippen LogP contribution in [0.25, 0.3) is 105 Å². The first-order valence-electron chi connectivity index (χ1n) is 24.1. The van der Waals surface area contributed by atoms with Crippen LogP contribution in [0, 0.1) is 0 Å². The quantitative estimate of drug-likeness (QED) is 0.155. The molecule has 0 saturated carbocycles. The van der Waals surface area contributed by atoms with Gasteiger partial charge in [0.05, 0.1) is 22.4 Å². The first-order valence-corrected chi connectivity index (χ1v) is 24.1. The lowest BCUT2D eigenvalue weighted by molar-refractivity contribution is 0.661. The Hall–Kier alpha value is -8.72. The molecule has 0 N–H and O–H groups in total. The van der Waals surface area contributed by atoms with Gasteiger partial charge >= 0.3 is 0 Å². The van der Waals surface area contributed by atoms with Gasteiger partial charge in [-0.2, -0.15) is 0 Å². The topological polar surface area (TPSA) is 8.17 Å². The monoisotopic (exact) mass is 878 g/mol. The average molecular weight is 879 g/mol. The van der Waals surface area contributed by atoms with Crippen molar-refractivity contribution in [2.75, 3.05) is 4.90 Å². The molecule has 0 spiro atoms. The molecule has 69 heavy (non-hydrogen) atoms. The van der Waals surface area contributed by atoms with E-state index in [1.165, 1.54) is 111 Å². The average Bonchev–Trinajstić information content (AvgIpc) is 3.82. The molecule has 2 heteroatoms. The van der Waals surface area contributed by atoms with Gasteiger partial charge in [0.2, 0.25) is 0 Å². The van der Waals surface area contributed by atoms with Gasteiger partial charge in [0.25, 0.3) is 0 Å². The van der Waals surface area contributed by atoms with Gasteiger partial charge in [0.1, 0.15) is 0 Å². The molecule has 0 fully saturated rings. The fourth-order valence-corrected chi connectivity index (χ4v) is 11.8. The van der Waals surface area contributed by atoms with Crippen LogP contribution in [0.1, 0.15) is 25.0 Å². The second-order valence-electron chi connectivity index (χ2n) is 19.2. The highest BCUT2D eigenvalue weighted by molar-refractivity contribution is 6.19. The van der Waals surface area contributed by atoms with Gasteiger partial charge in [-0.15, -0.1) is 0 Å². The number of benzene rings is 11. The minimum absolute atomic E-state index is 0.0804. The van der Waals surface area contributed by atoms with Crippen LogP contribution >= 0.6 is 0 Å². The lowest BCUT2D eigenvalue weighted by Crippen LogP contribution is -2.15. The summed E-state index contributed by atoms with van der Waals surface area (Å²) < 4.78 is 2.56. The third-order valence-corrected chi connectivity index (χ3v) is 15.1. The van der Waals surface area contributed by atoms with Crippen molar-refractivity contribution in [2.24, 2.45) is 0 Å². The third-order valence-electron chi connectivity index (χ3n) is 15.1. The number of hydrogen-bond donors (Lipinski definition) is 0. The van der Waals surface area contributed by atoms with E-state index in [1.807, 2.05) is 0 Å². The van der Waals surface area contributed by atoms with Crippen molar-refractivity contribution >= 4 is 49.6 Å². The molecular formula is C67H46N2. The van der Waals surface area contributed by atoms with E-state index in [2.05, 4.69) is 266 Å². The molecule has 2 nitrogen and oxygen atoms in total. The molecule has 12 aromatic rings. The van der Waals surface area contributed by atoms with Crippen molar-refractivity contribution in [2.45, 2.75) is 19.3 Å². The smallest absolute Gasteiger partial charge is 0.0623 e. The van der Waals surface area contributed by atoms with Crippen molar-refractivity contribution in [1.82, 2.24) is 4.57 Å². The molecule has 1 aliphatic heterocycles. The Morgan fingerprint density at radius 1 is 0.348 bits per heavy atom. The third kappa shape index (κ3) is 5.98. The van der Waals surface area contributed by atoms with Gasteiger partial charge in [-0.05, 0) is 114 Å². The summed E-state index contributed by atoms with van der Waals surface area (Å²) in [6.07, 6.45) is 0. The molecule has 0 atom stereocenters. The standard InChI is InChI=1S/C67H46N2/c1-67(2)59-29-15-28-57-56-37-36-48(42-63(56)69-62-31-11-9-26-55(62)58-38-39-60(67)65(64(57)59)66(58)69)44-34-32-43(33-35-44)47-20-12-22-50(40-47)68(61-30-10-8-25-54(61)46-16-4-3-5-17-46)51-23-13-21-49(41-51)53-27-14-19-45-18-6-7-24-52(45)53/h3-42H,1-2H3. The number of aromatic nitrogens is 1. The van der Waals surface area contributed by atoms with Crippen LogP contribution in [0.15, 0.2) is 243 Å². The predicted molar refractivity (Wildman–Crippen MR) is 291 cm³/mol. The Morgan fingerprint density at radius 3 is 1.75 bits per heavy atom. The molecule has 0 saturated heterocycles. The van der Waals surface area contributed by atoms with Crippen LogP contribution in [0.4, 0.5) is 17.1 Å². The molecule has 14 rings (SSSR count). The van der Waals surface area contributed by atoms with E-state index < -0.39 is 0 Å². The summed E-state index contributed by atoms with van der Waals surface area (Å²) in [4.78, 5) is 2.43. The van der Waals surface area contributed by atoms with Crippen molar-refractivity contribution < 1.29 is 0 Å². The number of nitrogens with zero attached hydrogens (tertiary/aromatic N) is 2. The van der Waals surface area contributed by atoms with E-state index in [1.54, 1.807) is 0 Å². The van der Waals surface area contributed by atoms with Crippen LogP contribution in [0.5, 0.6) is 0 Å². The van der Waals surface area contributed by atoms with Gasteiger partial charge < -0.3 is 9.47 Å². The molecule has 2 aliphatic rings. The molecule has 2 heterocycles. The summed E-state index contributed by atoms with van der Waals surface area (Å²) in [5.74, 6) is 0. The summed E-state index contributed by atoms with van der Waals surface area (Å²) in [5.41, 5.74) is 24.7. The maximum Gasteiger partial charge on any atom is 0.0623 e. The van der Waals surface area contributed by atoms with Crippen molar-refractivity contribution in [3.63, 3.8) is 0 Å². The molecule has 0 bridgehead atoms. The Morgan fingerprint density at radius 2 is 0.928 bits per heavy atom. The van der Waals surface area contributed by atoms with Crippen LogP contribution < -0.4 is 4.90 Å². The predicted octanol–water partition coefficient (Wildman–Crippen LogP) is 18.4. The van der Waals surface area contributed by atoms with E-state index in [0.29, 0.717) is 0 Å². The zero-order chi connectivity index (χ0) is 45.8. The molecule has 1 aliphatic carbocycles. The summed E-state index contributed by atoms with van der Waals surface area (Å²) >= 11 is 0. The molecule has 0 unspecified atom stereocenters. The van der Waals surface area contributed by atoms with E-state index in [9.17, 15) is 0 Å². The van der Waals surface area contributed by atoms with Gasteiger partial charge in [-0.25, -0.2) is 0 Å².